The highest BCUT2D eigenvalue weighted by molar-refractivity contribution is 5.95. The molecule has 0 saturated carbocycles. The van der Waals surface area contributed by atoms with E-state index in [4.69, 9.17) is 5.73 Å². The quantitative estimate of drug-likeness (QED) is 0.814. The number of nitrogens with zero attached hydrogens (tertiary/aromatic N) is 3. The Morgan fingerprint density at radius 1 is 1.38 bits per heavy atom. The van der Waals surface area contributed by atoms with Crippen LogP contribution in [0.25, 0.3) is 0 Å². The molecule has 0 aliphatic heterocycles. The van der Waals surface area contributed by atoms with Crippen LogP contribution in [-0.2, 0) is 13.5 Å². The van der Waals surface area contributed by atoms with Crippen molar-refractivity contribution in [3.63, 3.8) is 0 Å². The zero-order valence-electron chi connectivity index (χ0n) is 12.6. The topological polar surface area (TPSA) is 76.2 Å². The fourth-order valence-corrected chi connectivity index (χ4v) is 2.09. The Kier molecular flexibility index (Phi) is 4.47. The number of nitrogens with one attached hydrogen (secondary N) is 1. The van der Waals surface area contributed by atoms with E-state index in [9.17, 15) is 4.79 Å². The molecule has 1 amide bonds. The normalized spacial score (nSPS) is 10.4. The average molecular weight is 287 g/mol. The number of aryl methyl sites for hydroxylation is 1. The van der Waals surface area contributed by atoms with E-state index in [1.165, 1.54) is 4.90 Å². The molecule has 0 bridgehead atoms. The summed E-state index contributed by atoms with van der Waals surface area (Å²) in [5, 5.41) is 7.41. The zero-order chi connectivity index (χ0) is 15.4. The maximum Gasteiger partial charge on any atom is 0.253 e. The third-order valence-corrected chi connectivity index (χ3v) is 3.32. The second-order valence-electron chi connectivity index (χ2n) is 5.12. The first-order valence-corrected chi connectivity index (χ1v) is 6.81. The van der Waals surface area contributed by atoms with Crippen LogP contribution in [0.1, 0.15) is 16.1 Å². The molecule has 0 fully saturated rings. The van der Waals surface area contributed by atoms with Gasteiger partial charge >= 0.3 is 0 Å². The first-order valence-electron chi connectivity index (χ1n) is 6.81. The molecule has 0 radical (unpaired) electrons. The van der Waals surface area contributed by atoms with E-state index in [0.29, 0.717) is 11.3 Å². The van der Waals surface area contributed by atoms with Crippen LogP contribution in [0.4, 0.5) is 11.4 Å². The van der Waals surface area contributed by atoms with Crippen molar-refractivity contribution in [2.24, 2.45) is 7.05 Å². The number of anilines is 2. The van der Waals surface area contributed by atoms with Gasteiger partial charge < -0.3 is 16.0 Å². The number of carbonyl (C=O) groups excluding carboxylic acids is 1. The van der Waals surface area contributed by atoms with Gasteiger partial charge in [-0.15, -0.1) is 0 Å². The molecule has 0 saturated heterocycles. The molecule has 112 valence electrons. The van der Waals surface area contributed by atoms with Gasteiger partial charge in [0.2, 0.25) is 0 Å². The Morgan fingerprint density at radius 3 is 2.71 bits per heavy atom. The van der Waals surface area contributed by atoms with Gasteiger partial charge in [0.05, 0.1) is 11.4 Å². The number of carbonyl (C=O) groups is 1. The summed E-state index contributed by atoms with van der Waals surface area (Å²) in [7, 11) is 5.36. The fourth-order valence-electron chi connectivity index (χ4n) is 2.09. The summed E-state index contributed by atoms with van der Waals surface area (Å²) in [6.45, 7) is 0.755. The maximum absolute atomic E-state index is 11.9. The van der Waals surface area contributed by atoms with Gasteiger partial charge in [-0.2, -0.15) is 5.10 Å². The lowest BCUT2D eigenvalue weighted by Crippen LogP contribution is -2.21. The van der Waals surface area contributed by atoms with Crippen LogP contribution in [0, 0.1) is 0 Å². The van der Waals surface area contributed by atoms with Crippen molar-refractivity contribution in [2.75, 3.05) is 31.7 Å². The average Bonchev–Trinajstić information content (AvgIpc) is 2.85. The molecule has 6 nitrogen and oxygen atoms in total. The molecule has 21 heavy (non-hydrogen) atoms. The molecular formula is C15H21N5O. The lowest BCUT2D eigenvalue weighted by Gasteiger charge is -2.13. The van der Waals surface area contributed by atoms with E-state index >= 15 is 0 Å². The van der Waals surface area contributed by atoms with Gasteiger partial charge in [0, 0.05) is 51.6 Å². The van der Waals surface area contributed by atoms with Crippen molar-refractivity contribution in [3.8, 4) is 0 Å². The monoisotopic (exact) mass is 287 g/mol. The summed E-state index contributed by atoms with van der Waals surface area (Å²) in [6.07, 6.45) is 2.64. The fraction of sp³-hybridized carbons (Fsp3) is 0.333. The molecule has 3 N–H and O–H groups in total. The van der Waals surface area contributed by atoms with Gasteiger partial charge in [0.1, 0.15) is 0 Å². The molecule has 2 aromatic rings. The minimum absolute atomic E-state index is 0.0527. The van der Waals surface area contributed by atoms with Crippen molar-refractivity contribution in [1.29, 1.82) is 0 Å². The predicted molar refractivity (Wildman–Crippen MR) is 84.3 cm³/mol. The largest absolute Gasteiger partial charge is 0.397 e. The van der Waals surface area contributed by atoms with Gasteiger partial charge in [-0.05, 0) is 24.3 Å². The Hall–Kier alpha value is -2.50. The third-order valence-electron chi connectivity index (χ3n) is 3.32. The van der Waals surface area contributed by atoms with Crippen molar-refractivity contribution >= 4 is 17.3 Å². The minimum Gasteiger partial charge on any atom is -0.397 e. The van der Waals surface area contributed by atoms with E-state index in [-0.39, 0.29) is 5.91 Å². The number of benzene rings is 1. The van der Waals surface area contributed by atoms with Crippen LogP contribution < -0.4 is 11.1 Å². The number of nitrogens with two attached hydrogens (primary N) is 1. The number of hydrogen-bond donors (Lipinski definition) is 2. The van der Waals surface area contributed by atoms with Crippen LogP contribution in [-0.4, -0.2) is 41.2 Å². The first kappa shape index (κ1) is 14.9. The summed E-state index contributed by atoms with van der Waals surface area (Å²) >= 11 is 0. The Labute approximate surface area is 124 Å². The number of rotatable bonds is 5. The van der Waals surface area contributed by atoms with Crippen LogP contribution in [0.3, 0.4) is 0 Å². The minimum atomic E-state index is -0.0527. The van der Waals surface area contributed by atoms with Crippen molar-refractivity contribution in [3.05, 3.63) is 41.7 Å². The number of nitrogen functional groups attached to an aromatic ring is 1. The van der Waals surface area contributed by atoms with E-state index in [2.05, 4.69) is 10.4 Å². The van der Waals surface area contributed by atoms with Crippen molar-refractivity contribution < 1.29 is 4.79 Å². The molecule has 1 aromatic carbocycles. The second-order valence-corrected chi connectivity index (χ2v) is 5.12. The summed E-state index contributed by atoms with van der Waals surface area (Å²) in [5.74, 6) is -0.0527. The van der Waals surface area contributed by atoms with Gasteiger partial charge in [0.15, 0.2) is 0 Å². The second kappa shape index (κ2) is 6.30. The molecule has 6 heteroatoms. The molecule has 0 spiro atoms. The van der Waals surface area contributed by atoms with Crippen molar-refractivity contribution in [2.45, 2.75) is 6.42 Å². The molecule has 0 atom stereocenters. The number of hydrogen-bond acceptors (Lipinski definition) is 4. The standard InChI is InChI=1S/C15H21N5O/c1-19(2)15(21)11-4-5-14(13(16)10-11)17-8-6-12-7-9-18-20(12)3/h4-5,7,9-10,17H,6,8,16H2,1-3H3. The van der Waals surface area contributed by atoms with Crippen LogP contribution >= 0.6 is 0 Å². The van der Waals surface area contributed by atoms with E-state index in [1.54, 1.807) is 32.4 Å². The molecule has 0 aliphatic carbocycles. The van der Waals surface area contributed by atoms with Gasteiger partial charge in [0.25, 0.3) is 5.91 Å². The highest BCUT2D eigenvalue weighted by atomic mass is 16.2. The number of aromatic nitrogens is 2. The highest BCUT2D eigenvalue weighted by Crippen LogP contribution is 2.20. The van der Waals surface area contributed by atoms with E-state index in [0.717, 1.165) is 24.3 Å². The van der Waals surface area contributed by atoms with E-state index in [1.807, 2.05) is 23.9 Å². The molecule has 1 heterocycles. The summed E-state index contributed by atoms with van der Waals surface area (Å²) in [5.41, 5.74) is 9.16. The molecule has 1 aromatic heterocycles. The SMILES string of the molecule is CN(C)C(=O)c1ccc(NCCc2ccnn2C)c(N)c1. The predicted octanol–water partition coefficient (Wildman–Crippen LogP) is 1.36. The summed E-state index contributed by atoms with van der Waals surface area (Å²) in [6, 6.07) is 7.32. The maximum atomic E-state index is 11.9. The number of amides is 1. The van der Waals surface area contributed by atoms with Crippen LogP contribution in [0.5, 0.6) is 0 Å². The summed E-state index contributed by atoms with van der Waals surface area (Å²) in [4.78, 5) is 13.4. The molecule has 0 unspecified atom stereocenters. The smallest absolute Gasteiger partial charge is 0.253 e. The zero-order valence-corrected chi connectivity index (χ0v) is 12.6. The van der Waals surface area contributed by atoms with E-state index < -0.39 is 0 Å². The molecule has 2 rings (SSSR count). The van der Waals surface area contributed by atoms with Crippen molar-refractivity contribution in [1.82, 2.24) is 14.7 Å². The van der Waals surface area contributed by atoms with Crippen LogP contribution in [0.15, 0.2) is 30.5 Å². The summed E-state index contributed by atoms with van der Waals surface area (Å²) < 4.78 is 1.85. The Bertz CT molecular complexity index is 633. The van der Waals surface area contributed by atoms with Gasteiger partial charge in [-0.3, -0.25) is 9.48 Å². The third kappa shape index (κ3) is 3.53. The Balaban J connectivity index is 1.98. The first-order chi connectivity index (χ1) is 9.99. The van der Waals surface area contributed by atoms with Crippen LogP contribution in [0.2, 0.25) is 0 Å². The van der Waals surface area contributed by atoms with Gasteiger partial charge in [-0.25, -0.2) is 0 Å². The molecular weight excluding hydrogens is 266 g/mol. The molecule has 0 aliphatic rings. The lowest BCUT2D eigenvalue weighted by atomic mass is 10.1. The lowest BCUT2D eigenvalue weighted by molar-refractivity contribution is 0.0827. The Morgan fingerprint density at radius 2 is 2.14 bits per heavy atom. The highest BCUT2D eigenvalue weighted by Gasteiger charge is 2.09. The van der Waals surface area contributed by atoms with Gasteiger partial charge in [-0.1, -0.05) is 0 Å².